The average molecular weight is 345 g/mol. The van der Waals surface area contributed by atoms with Gasteiger partial charge in [0.25, 0.3) is 0 Å². The van der Waals surface area contributed by atoms with Crippen LogP contribution in [0, 0.1) is 5.92 Å². The summed E-state index contributed by atoms with van der Waals surface area (Å²) in [5, 5.41) is 3.65. The first-order chi connectivity index (χ1) is 12.5. The van der Waals surface area contributed by atoms with Crippen molar-refractivity contribution in [2.45, 2.75) is 12.5 Å². The van der Waals surface area contributed by atoms with Crippen molar-refractivity contribution in [1.29, 1.82) is 0 Å². The van der Waals surface area contributed by atoms with E-state index >= 15 is 0 Å². The molecule has 5 rings (SSSR count). The second-order valence-electron chi connectivity index (χ2n) is 7.91. The van der Waals surface area contributed by atoms with Gasteiger partial charge < -0.3 is 15.1 Å². The topological polar surface area (TPSA) is 35.6 Å². The Labute approximate surface area is 154 Å². The molecule has 4 nitrogen and oxygen atoms in total. The highest BCUT2D eigenvalue weighted by atomic mass is 16.1. The molecule has 0 saturated carbocycles. The third kappa shape index (κ3) is 2.18. The average Bonchev–Trinajstić information content (AvgIpc) is 3.25. The van der Waals surface area contributed by atoms with Gasteiger partial charge in [0.15, 0.2) is 5.78 Å². The van der Waals surface area contributed by atoms with E-state index in [9.17, 15) is 4.79 Å². The van der Waals surface area contributed by atoms with Crippen LogP contribution in [0.25, 0.3) is 11.1 Å². The van der Waals surface area contributed by atoms with Gasteiger partial charge in [0.1, 0.15) is 0 Å². The number of nitrogens with zero attached hydrogens (tertiary/aromatic N) is 2. The van der Waals surface area contributed by atoms with Crippen molar-refractivity contribution in [1.82, 2.24) is 10.2 Å². The lowest BCUT2D eigenvalue weighted by Crippen LogP contribution is -2.15. The molecule has 0 aromatic heterocycles. The SMILES string of the molecule is CN1C=C2NC(c3ccc4c(c3)C(=O)c3cc(N(C)C)ccc3-4)CC2C1. The highest BCUT2D eigenvalue weighted by molar-refractivity contribution is 6.22. The Morgan fingerprint density at radius 1 is 1.04 bits per heavy atom. The molecule has 0 spiro atoms. The number of carbonyl (C=O) groups is 1. The molecule has 0 bridgehead atoms. The van der Waals surface area contributed by atoms with Gasteiger partial charge in [0.2, 0.25) is 0 Å². The number of hydrogen-bond acceptors (Lipinski definition) is 4. The summed E-state index contributed by atoms with van der Waals surface area (Å²) in [6.45, 7) is 1.08. The number of anilines is 1. The van der Waals surface area contributed by atoms with Crippen LogP contribution in [0.4, 0.5) is 5.69 Å². The third-order valence-electron chi connectivity index (χ3n) is 5.91. The van der Waals surface area contributed by atoms with E-state index in [-0.39, 0.29) is 5.78 Å². The maximum absolute atomic E-state index is 13.0. The number of nitrogens with one attached hydrogen (secondary N) is 1. The third-order valence-corrected chi connectivity index (χ3v) is 5.91. The second-order valence-corrected chi connectivity index (χ2v) is 7.91. The van der Waals surface area contributed by atoms with Crippen molar-refractivity contribution >= 4 is 11.5 Å². The summed E-state index contributed by atoms with van der Waals surface area (Å²) in [6, 6.07) is 12.9. The minimum atomic E-state index is 0.151. The maximum atomic E-state index is 13.0. The zero-order valence-electron chi connectivity index (χ0n) is 15.4. The van der Waals surface area contributed by atoms with Gasteiger partial charge in [-0.1, -0.05) is 18.2 Å². The van der Waals surface area contributed by atoms with Crippen LogP contribution in [0.5, 0.6) is 0 Å². The summed E-state index contributed by atoms with van der Waals surface area (Å²) in [7, 11) is 6.12. The molecule has 0 radical (unpaired) electrons. The second kappa shape index (κ2) is 5.37. The van der Waals surface area contributed by atoms with Crippen LogP contribution in [0.1, 0.15) is 33.9 Å². The van der Waals surface area contributed by atoms with Crippen LogP contribution in [-0.4, -0.2) is 38.4 Å². The van der Waals surface area contributed by atoms with Crippen LogP contribution >= 0.6 is 0 Å². The molecular formula is C22H23N3O. The number of ketones is 1. The Morgan fingerprint density at radius 3 is 2.50 bits per heavy atom. The van der Waals surface area contributed by atoms with E-state index in [1.54, 1.807) is 0 Å². The van der Waals surface area contributed by atoms with E-state index in [1.165, 1.54) is 11.3 Å². The number of rotatable bonds is 2. The first-order valence-corrected chi connectivity index (χ1v) is 9.20. The fourth-order valence-corrected chi connectivity index (χ4v) is 4.54. The normalized spacial score (nSPS) is 22.7. The molecule has 4 heteroatoms. The van der Waals surface area contributed by atoms with Gasteiger partial charge in [-0.3, -0.25) is 4.79 Å². The molecule has 1 saturated heterocycles. The maximum Gasteiger partial charge on any atom is 0.194 e. The minimum Gasteiger partial charge on any atom is -0.380 e. The minimum absolute atomic E-state index is 0.151. The molecular weight excluding hydrogens is 322 g/mol. The summed E-state index contributed by atoms with van der Waals surface area (Å²) in [5.74, 6) is 0.742. The van der Waals surface area contributed by atoms with Crippen molar-refractivity contribution < 1.29 is 4.79 Å². The van der Waals surface area contributed by atoms with Crippen LogP contribution in [0.15, 0.2) is 48.3 Å². The number of carbonyl (C=O) groups excluding carboxylic acids is 1. The molecule has 2 unspecified atom stereocenters. The Hall–Kier alpha value is -2.75. The fraction of sp³-hybridized carbons (Fsp3) is 0.318. The standard InChI is InChI=1S/C22H23N3O/c1-24(2)15-5-7-17-16-6-4-13(8-18(16)22(26)19(17)10-15)20-9-14-11-25(3)12-21(14)23-20/h4-8,10,12,14,20,23H,9,11H2,1-3H3. The summed E-state index contributed by atoms with van der Waals surface area (Å²) in [4.78, 5) is 17.3. The summed E-state index contributed by atoms with van der Waals surface area (Å²) in [6.07, 6.45) is 3.31. The van der Waals surface area contributed by atoms with E-state index < -0.39 is 0 Å². The Kier molecular flexibility index (Phi) is 3.20. The Morgan fingerprint density at radius 2 is 1.77 bits per heavy atom. The van der Waals surface area contributed by atoms with Crippen molar-refractivity contribution in [3.8, 4) is 11.1 Å². The molecule has 0 amide bonds. The predicted octanol–water partition coefficient (Wildman–Crippen LogP) is 3.40. The van der Waals surface area contributed by atoms with Gasteiger partial charge in [-0.15, -0.1) is 0 Å². The first kappa shape index (κ1) is 15.5. The molecule has 2 heterocycles. The zero-order valence-corrected chi connectivity index (χ0v) is 15.4. The molecule has 3 aliphatic rings. The highest BCUT2D eigenvalue weighted by Gasteiger charge is 2.35. The molecule has 1 aliphatic carbocycles. The van der Waals surface area contributed by atoms with Crippen molar-refractivity contribution in [3.05, 3.63) is 65.0 Å². The lowest BCUT2D eigenvalue weighted by molar-refractivity contribution is 0.104. The molecule has 1 fully saturated rings. The number of hydrogen-bond donors (Lipinski definition) is 1. The number of benzene rings is 2. The lowest BCUT2D eigenvalue weighted by Gasteiger charge is -2.15. The Bertz CT molecular complexity index is 960. The zero-order chi connectivity index (χ0) is 18.0. The smallest absolute Gasteiger partial charge is 0.194 e. The van der Waals surface area contributed by atoms with Crippen molar-refractivity contribution in [2.75, 3.05) is 32.6 Å². The molecule has 2 aliphatic heterocycles. The van der Waals surface area contributed by atoms with E-state index in [0.717, 1.165) is 40.9 Å². The fourth-order valence-electron chi connectivity index (χ4n) is 4.54. The van der Waals surface area contributed by atoms with E-state index in [2.05, 4.69) is 53.8 Å². The molecule has 1 N–H and O–H groups in total. The molecule has 2 aromatic rings. The summed E-state index contributed by atoms with van der Waals surface area (Å²) < 4.78 is 0. The van der Waals surface area contributed by atoms with Crippen LogP contribution in [0.2, 0.25) is 0 Å². The molecule has 132 valence electrons. The Balaban J connectivity index is 1.49. The predicted molar refractivity (Wildman–Crippen MR) is 104 cm³/mol. The first-order valence-electron chi connectivity index (χ1n) is 9.20. The summed E-state index contributed by atoms with van der Waals surface area (Å²) in [5.41, 5.74) is 7.41. The highest BCUT2D eigenvalue weighted by Crippen LogP contribution is 2.42. The number of fused-ring (bicyclic) bond motifs is 4. The lowest BCUT2D eigenvalue weighted by atomic mass is 9.96. The molecule has 2 aromatic carbocycles. The van der Waals surface area contributed by atoms with Gasteiger partial charge in [-0.05, 0) is 41.3 Å². The van der Waals surface area contributed by atoms with E-state index in [1.807, 2.05) is 25.1 Å². The van der Waals surface area contributed by atoms with E-state index in [4.69, 9.17) is 0 Å². The van der Waals surface area contributed by atoms with Gasteiger partial charge in [-0.25, -0.2) is 0 Å². The molecule has 26 heavy (non-hydrogen) atoms. The molecule has 2 atom stereocenters. The van der Waals surface area contributed by atoms with Gasteiger partial charge in [0, 0.05) is 62.3 Å². The van der Waals surface area contributed by atoms with Gasteiger partial charge in [0.05, 0.1) is 6.04 Å². The van der Waals surface area contributed by atoms with Crippen LogP contribution in [0.3, 0.4) is 0 Å². The van der Waals surface area contributed by atoms with Gasteiger partial charge in [-0.2, -0.15) is 0 Å². The van der Waals surface area contributed by atoms with Crippen LogP contribution < -0.4 is 10.2 Å². The monoisotopic (exact) mass is 345 g/mol. The summed E-state index contributed by atoms with van der Waals surface area (Å²) >= 11 is 0. The van der Waals surface area contributed by atoms with E-state index in [0.29, 0.717) is 12.0 Å². The van der Waals surface area contributed by atoms with Crippen molar-refractivity contribution in [2.24, 2.45) is 5.92 Å². The van der Waals surface area contributed by atoms with Crippen molar-refractivity contribution in [3.63, 3.8) is 0 Å². The largest absolute Gasteiger partial charge is 0.380 e. The van der Waals surface area contributed by atoms with Crippen LogP contribution in [-0.2, 0) is 0 Å². The quantitative estimate of drug-likeness (QED) is 0.772. The van der Waals surface area contributed by atoms with Gasteiger partial charge >= 0.3 is 0 Å².